The monoisotopic (exact) mass is 1690 g/mol. The lowest BCUT2D eigenvalue weighted by molar-refractivity contribution is -0.268. The number of esters is 2. The summed E-state index contributed by atoms with van der Waals surface area (Å²) in [6, 6.07) is 33.9. The fourth-order valence-corrected chi connectivity index (χ4v) is 30.2. The molecule has 18 heteroatoms. The third-order valence-corrected chi connectivity index (χ3v) is 38.9. The van der Waals surface area contributed by atoms with Crippen LogP contribution in [0.25, 0.3) is 0 Å². The molecule has 16 nitrogen and oxygen atoms in total. The summed E-state index contributed by atoms with van der Waals surface area (Å²) >= 11 is 0. The molecule has 9 fully saturated rings. The van der Waals surface area contributed by atoms with Crippen molar-refractivity contribution in [3.8, 4) is 0 Å². The molecular formula is C102H150N2O14S2. The number of benzene rings is 4. The number of nitrogens with zero attached hydrogens (tertiary/aromatic N) is 1. The van der Waals surface area contributed by atoms with Crippen molar-refractivity contribution in [2.75, 3.05) is 53.8 Å². The topological polar surface area (TPSA) is 202 Å². The van der Waals surface area contributed by atoms with Gasteiger partial charge in [-0.3, -0.25) is 9.59 Å². The fraction of sp³-hybridized carbons (Fsp3) is 0.706. The first-order chi connectivity index (χ1) is 56.1. The number of sulfonamides is 2. The van der Waals surface area contributed by atoms with Gasteiger partial charge in [0.1, 0.15) is 13.2 Å². The number of hydrogen-bond donors (Lipinski definition) is 2. The first-order valence-electron chi connectivity index (χ1n) is 45.6. The normalized spacial score (nSPS) is 38.8. The molecule has 3 saturated heterocycles. The molecule has 6 saturated carbocycles. The lowest BCUT2D eigenvalue weighted by Crippen LogP contribution is -2.70. The molecule has 664 valence electrons. The van der Waals surface area contributed by atoms with Gasteiger partial charge in [0.2, 0.25) is 20.0 Å². The molecule has 4 aromatic rings. The number of aryl methyl sites for hydroxylation is 2. The van der Waals surface area contributed by atoms with Crippen LogP contribution in [0.1, 0.15) is 238 Å². The summed E-state index contributed by atoms with van der Waals surface area (Å²) in [4.78, 5) is 30.0. The second-order valence-electron chi connectivity index (χ2n) is 44.5. The molecule has 0 amide bonds. The number of nitrogens with one attached hydrogen (secondary N) is 1. The number of rotatable bonds is 20. The van der Waals surface area contributed by atoms with E-state index in [9.17, 15) is 31.5 Å². The molecule has 120 heavy (non-hydrogen) atoms. The van der Waals surface area contributed by atoms with E-state index in [4.69, 9.17) is 33.2 Å². The van der Waals surface area contributed by atoms with Crippen LogP contribution in [0, 0.1) is 138 Å². The van der Waals surface area contributed by atoms with E-state index < -0.39 is 37.6 Å². The number of ether oxygens (including phenoxy) is 7. The van der Waals surface area contributed by atoms with E-state index in [1.54, 1.807) is 48.4 Å². The molecular weight excluding hydrogens is 1540 g/mol. The Morgan fingerprint density at radius 1 is 0.542 bits per heavy atom. The first kappa shape index (κ1) is 92.5. The number of fused-ring (bicyclic) bond motifs is 6. The van der Waals surface area contributed by atoms with E-state index in [2.05, 4.69) is 155 Å². The molecule has 25 atom stereocenters. The van der Waals surface area contributed by atoms with Crippen molar-refractivity contribution < 1.29 is 64.7 Å². The Labute approximate surface area is 722 Å². The Hall–Kier alpha value is -5.12. The van der Waals surface area contributed by atoms with Crippen molar-refractivity contribution in [2.45, 2.75) is 289 Å². The number of aliphatic hydroxyl groups is 1. The van der Waals surface area contributed by atoms with Crippen LogP contribution in [0.2, 0.25) is 0 Å². The summed E-state index contributed by atoms with van der Waals surface area (Å²) in [5.41, 5.74) is 4.72. The Bertz CT molecular complexity index is 4620. The largest absolute Gasteiger partial charge is 0.461 e. The number of allylic oxidation sites excluding steroid dienone is 2. The van der Waals surface area contributed by atoms with Crippen molar-refractivity contribution in [1.29, 1.82) is 0 Å². The molecule has 8 aliphatic carbocycles. The summed E-state index contributed by atoms with van der Waals surface area (Å²) in [6.07, 6.45) is 15.6. The van der Waals surface area contributed by atoms with Crippen LogP contribution in [0.15, 0.2) is 142 Å². The minimum atomic E-state index is -3.78. The molecule has 15 rings (SSSR count). The van der Waals surface area contributed by atoms with Gasteiger partial charge in [0.25, 0.3) is 0 Å². The van der Waals surface area contributed by atoms with Gasteiger partial charge in [0, 0.05) is 48.5 Å². The molecule has 3 aliphatic heterocycles. The molecule has 0 radical (unpaired) electrons. The lowest BCUT2D eigenvalue weighted by atomic mass is 9.34. The van der Waals surface area contributed by atoms with Crippen LogP contribution in [0.3, 0.4) is 0 Å². The van der Waals surface area contributed by atoms with Crippen LogP contribution >= 0.6 is 0 Å². The summed E-state index contributed by atoms with van der Waals surface area (Å²) in [5, 5.41) is 11.5. The standard InChI is InChI=1S/C51H75NO7S.C38H56O5.C13H19NO2S/c1-33(2)35(4)47(8)26-27-49(10)38-22-23-41-48(9)31-57-32-51(41,39(38)24-25-50(49,11)43(47)45(53)59-29-36-16-14-13-15-17-36)28-40(56-12)44(48)58-30-42(46(5,6)7)52-60(54,55)37-20-18-34(3)19-21-37;1-24(2)25(3)34(4)18-19-36(6)27-14-15-30-35(5)22-42-23-38(30,20-29(41-8)32(35)39)28(27)16-17-37(36,7)31(34)33(40)43-21-26-12-10-9-11-13-26;1-10-5-7-11(8-6-10)17(15,16)14-9-12(14)13(2,3)4/h13-21,24,33,35,38,40-44,52H,22-23,25-32H2,1-12H3;9-13,16,24-25,27,29-32,39H,14-15,17-23H2,1-8H3;5-8,12H,9H2,1-4H3/t35-,38+,40-,41+,42+,43-,44+,47-,48-,49-,50+,51+;25-,27+,29-,30+,31-,32+,34-,35-,36-,37+,38+;12-,14?/m110/s1. The Balaban J connectivity index is 0.000000179. The lowest BCUT2D eigenvalue weighted by Gasteiger charge is -2.71. The van der Waals surface area contributed by atoms with E-state index in [1.165, 1.54) is 5.57 Å². The summed E-state index contributed by atoms with van der Waals surface area (Å²) < 4.78 is 102. The average Bonchev–Trinajstić information content (AvgIpc) is 0.850. The van der Waals surface area contributed by atoms with Gasteiger partial charge in [-0.25, -0.2) is 21.6 Å². The zero-order chi connectivity index (χ0) is 87.5. The van der Waals surface area contributed by atoms with Gasteiger partial charge < -0.3 is 38.3 Å². The molecule has 3 heterocycles. The van der Waals surface area contributed by atoms with Gasteiger partial charge in [-0.15, -0.1) is 0 Å². The molecule has 4 bridgehead atoms. The number of hydrogen-bond acceptors (Lipinski definition) is 14. The van der Waals surface area contributed by atoms with Gasteiger partial charge in [-0.2, -0.15) is 4.31 Å². The first-order valence-corrected chi connectivity index (χ1v) is 48.5. The van der Waals surface area contributed by atoms with Crippen LogP contribution in [-0.4, -0.2) is 128 Å². The maximum absolute atomic E-state index is 14.8. The van der Waals surface area contributed by atoms with E-state index in [0.29, 0.717) is 91.8 Å². The Morgan fingerprint density at radius 2 is 0.958 bits per heavy atom. The van der Waals surface area contributed by atoms with E-state index in [1.807, 2.05) is 98.8 Å². The van der Waals surface area contributed by atoms with Crippen LogP contribution in [-0.2, 0) is 76.0 Å². The van der Waals surface area contributed by atoms with Crippen LogP contribution < -0.4 is 4.72 Å². The highest BCUT2D eigenvalue weighted by atomic mass is 32.2. The Morgan fingerprint density at radius 3 is 1.37 bits per heavy atom. The number of aliphatic hydroxyl groups excluding tert-OH is 1. The van der Waals surface area contributed by atoms with Gasteiger partial charge in [0.05, 0.1) is 85.1 Å². The number of carbonyl (C=O) groups excluding carboxylic acids is 2. The van der Waals surface area contributed by atoms with E-state index in [-0.39, 0.29) is 126 Å². The highest BCUT2D eigenvalue weighted by Crippen LogP contribution is 2.78. The van der Waals surface area contributed by atoms with Crippen LogP contribution in [0.5, 0.6) is 0 Å². The highest BCUT2D eigenvalue weighted by molar-refractivity contribution is 7.89. The summed E-state index contributed by atoms with van der Waals surface area (Å²) in [6.45, 7) is 53.4. The summed E-state index contributed by atoms with van der Waals surface area (Å²) in [5.74, 6) is 2.50. The SMILES string of the molecule is CO[C@@H]1C[C@@]23COC[C@](C)([C@@H]2CC[C@H]2C3=CC[C@@]3(C)[C@H](C(=O)OCc4ccccc4)[C@@](C)([C@H](C)C(C)C)CC[C@]23C)[C@H]1O.CO[C@@H]1C[C@@]23COC[C@](C)([C@@H]2CC[C@H]2C3=CC[C@@]3(C)[C@H](C(=O)OCc4ccccc4)[C@@](C)([C@H](C)C(C)C)CC[C@]23C)[C@H]1OC[C@H](NS(=O)(=O)c1ccc(C)cc1)C(C)(C)C.Cc1ccc(S(=O)(=O)N2C[C@H]2C(C)(C)C)cc1. The minimum Gasteiger partial charge on any atom is -0.461 e. The minimum absolute atomic E-state index is 0.0117. The van der Waals surface area contributed by atoms with Crippen molar-refractivity contribution in [3.63, 3.8) is 0 Å². The second-order valence-corrected chi connectivity index (χ2v) is 48.1. The predicted molar refractivity (Wildman–Crippen MR) is 475 cm³/mol. The van der Waals surface area contributed by atoms with Crippen molar-refractivity contribution >= 4 is 32.0 Å². The van der Waals surface area contributed by atoms with E-state index >= 15 is 0 Å². The van der Waals surface area contributed by atoms with Crippen LogP contribution in [0.4, 0.5) is 0 Å². The van der Waals surface area contributed by atoms with Gasteiger partial charge in [-0.05, 0) is 217 Å². The summed E-state index contributed by atoms with van der Waals surface area (Å²) in [7, 11) is -3.51. The highest BCUT2D eigenvalue weighted by Gasteiger charge is 2.75. The average molecular weight is 1690 g/mol. The fourth-order valence-electron chi connectivity index (χ4n) is 27.0. The quantitative estimate of drug-likeness (QED) is 0.0480. The van der Waals surface area contributed by atoms with Gasteiger partial charge in [-0.1, -0.05) is 258 Å². The van der Waals surface area contributed by atoms with Gasteiger partial charge >= 0.3 is 11.9 Å². The number of carbonyl (C=O) groups is 2. The maximum Gasteiger partial charge on any atom is 0.310 e. The zero-order valence-electron chi connectivity index (χ0n) is 77.4. The zero-order valence-corrected chi connectivity index (χ0v) is 79.1. The Kier molecular flexibility index (Phi) is 25.9. The van der Waals surface area contributed by atoms with Crippen molar-refractivity contribution in [3.05, 3.63) is 155 Å². The number of methoxy groups -OCH3 is 2. The predicted octanol–water partition coefficient (Wildman–Crippen LogP) is 20.4. The molecule has 4 aromatic carbocycles. The third kappa shape index (κ3) is 15.8. The van der Waals surface area contributed by atoms with Crippen molar-refractivity contribution in [2.24, 2.45) is 124 Å². The molecule has 2 N–H and O–H groups in total. The molecule has 11 aliphatic rings. The van der Waals surface area contributed by atoms with Crippen molar-refractivity contribution in [1.82, 2.24) is 9.03 Å². The molecule has 0 aromatic heterocycles. The smallest absolute Gasteiger partial charge is 0.310 e. The van der Waals surface area contributed by atoms with Gasteiger partial charge in [0.15, 0.2) is 0 Å². The maximum atomic E-state index is 14.8. The third-order valence-electron chi connectivity index (χ3n) is 35.5. The second kappa shape index (κ2) is 33.6. The van der Waals surface area contributed by atoms with E-state index in [0.717, 1.165) is 99.3 Å². The molecule has 0 spiro atoms. The molecule has 1 unspecified atom stereocenters.